The molecule has 23 heavy (non-hydrogen) atoms. The normalized spacial score (nSPS) is 18.4. The molecule has 5 heteroatoms. The maximum Gasteiger partial charge on any atom is 0.257 e. The van der Waals surface area contributed by atoms with Gasteiger partial charge in [-0.05, 0) is 57.0 Å². The van der Waals surface area contributed by atoms with Crippen LogP contribution in [0, 0.1) is 0 Å². The van der Waals surface area contributed by atoms with E-state index in [1.165, 1.54) is 25.8 Å². The number of methoxy groups -OCH3 is 1. The number of nitrogens with zero attached hydrogens (tertiary/aromatic N) is 1. The van der Waals surface area contributed by atoms with E-state index in [4.69, 9.17) is 9.47 Å². The van der Waals surface area contributed by atoms with Gasteiger partial charge < -0.3 is 19.7 Å². The maximum absolute atomic E-state index is 11.8. The highest BCUT2D eigenvalue weighted by Gasteiger charge is 2.17. The minimum atomic E-state index is -0.0764. The average molecular weight is 320 g/mol. The van der Waals surface area contributed by atoms with Crippen LogP contribution in [0.2, 0.25) is 0 Å². The summed E-state index contributed by atoms with van der Waals surface area (Å²) >= 11 is 0. The molecule has 0 radical (unpaired) electrons. The molecule has 1 fully saturated rings. The lowest BCUT2D eigenvalue weighted by Crippen LogP contribution is -2.39. The third kappa shape index (κ3) is 6.10. The highest BCUT2D eigenvalue weighted by molar-refractivity contribution is 5.77. The molecule has 1 atom stereocenters. The Balaban J connectivity index is 1.57. The molecule has 0 aliphatic carbocycles. The van der Waals surface area contributed by atoms with Gasteiger partial charge in [-0.2, -0.15) is 0 Å². The zero-order valence-corrected chi connectivity index (χ0v) is 14.2. The van der Waals surface area contributed by atoms with Gasteiger partial charge in [-0.3, -0.25) is 4.79 Å². The van der Waals surface area contributed by atoms with Crippen molar-refractivity contribution >= 4 is 5.91 Å². The Labute approximate surface area is 139 Å². The van der Waals surface area contributed by atoms with Crippen molar-refractivity contribution in [2.24, 2.45) is 0 Å². The molecule has 1 amide bonds. The van der Waals surface area contributed by atoms with Crippen LogP contribution in [0.5, 0.6) is 11.5 Å². The lowest BCUT2D eigenvalue weighted by molar-refractivity contribution is -0.123. The highest BCUT2D eigenvalue weighted by atomic mass is 16.5. The lowest BCUT2D eigenvalue weighted by Gasteiger charge is -2.33. The van der Waals surface area contributed by atoms with Crippen molar-refractivity contribution in [1.29, 1.82) is 0 Å². The summed E-state index contributed by atoms with van der Waals surface area (Å²) in [5.41, 5.74) is 0. The van der Waals surface area contributed by atoms with Crippen LogP contribution in [0.3, 0.4) is 0 Å². The van der Waals surface area contributed by atoms with Crippen LogP contribution in [0.4, 0.5) is 0 Å². The lowest BCUT2D eigenvalue weighted by atomic mass is 10.0. The van der Waals surface area contributed by atoms with Crippen molar-refractivity contribution in [3.8, 4) is 11.5 Å². The fourth-order valence-corrected chi connectivity index (χ4v) is 2.87. The van der Waals surface area contributed by atoms with E-state index >= 15 is 0 Å². The van der Waals surface area contributed by atoms with E-state index < -0.39 is 0 Å². The predicted molar refractivity (Wildman–Crippen MR) is 91.0 cm³/mol. The molecule has 0 aromatic heterocycles. The van der Waals surface area contributed by atoms with E-state index in [9.17, 15) is 4.79 Å². The fraction of sp³-hybridized carbons (Fsp3) is 0.611. The van der Waals surface area contributed by atoms with Crippen LogP contribution in [0.25, 0.3) is 0 Å². The number of piperidine rings is 1. The Kier molecular flexibility index (Phi) is 7.20. The molecule has 2 rings (SSSR count). The zero-order valence-electron chi connectivity index (χ0n) is 14.2. The second kappa shape index (κ2) is 9.40. The molecular weight excluding hydrogens is 292 g/mol. The van der Waals surface area contributed by atoms with Crippen LogP contribution >= 0.6 is 0 Å². The number of amides is 1. The molecule has 1 aromatic carbocycles. The number of hydrogen-bond acceptors (Lipinski definition) is 4. The maximum atomic E-state index is 11.8. The first-order valence-electron chi connectivity index (χ1n) is 8.46. The summed E-state index contributed by atoms with van der Waals surface area (Å²) < 4.78 is 10.5. The van der Waals surface area contributed by atoms with E-state index in [2.05, 4.69) is 17.1 Å². The summed E-state index contributed by atoms with van der Waals surface area (Å²) in [4.78, 5) is 14.3. The van der Waals surface area contributed by atoms with Gasteiger partial charge in [0, 0.05) is 19.1 Å². The van der Waals surface area contributed by atoms with Gasteiger partial charge in [-0.15, -0.1) is 0 Å². The summed E-state index contributed by atoms with van der Waals surface area (Å²) in [6, 6.07) is 7.89. The van der Waals surface area contributed by atoms with Gasteiger partial charge in [0.05, 0.1) is 7.11 Å². The quantitative estimate of drug-likeness (QED) is 0.748. The first-order valence-corrected chi connectivity index (χ1v) is 8.46. The molecule has 128 valence electrons. The second-order valence-corrected chi connectivity index (χ2v) is 6.05. The van der Waals surface area contributed by atoms with E-state index in [0.717, 1.165) is 18.7 Å². The molecule has 1 aromatic rings. The second-order valence-electron chi connectivity index (χ2n) is 6.05. The number of likely N-dealkylation sites (tertiary alicyclic amines) is 1. The molecule has 1 aliphatic rings. The highest BCUT2D eigenvalue weighted by Crippen LogP contribution is 2.17. The van der Waals surface area contributed by atoms with Crippen LogP contribution < -0.4 is 14.8 Å². The summed E-state index contributed by atoms with van der Waals surface area (Å²) in [6.45, 7) is 5.29. The Morgan fingerprint density at radius 2 is 2.00 bits per heavy atom. The Morgan fingerprint density at radius 3 is 2.70 bits per heavy atom. The van der Waals surface area contributed by atoms with Gasteiger partial charge in [0.2, 0.25) is 0 Å². The molecule has 1 aliphatic heterocycles. The predicted octanol–water partition coefficient (Wildman–Crippen LogP) is 2.45. The Bertz CT molecular complexity index is 476. The number of benzene rings is 1. The first-order chi connectivity index (χ1) is 11.2. The molecule has 1 heterocycles. The zero-order chi connectivity index (χ0) is 16.5. The molecule has 1 N–H and O–H groups in total. The van der Waals surface area contributed by atoms with Gasteiger partial charge in [-0.25, -0.2) is 0 Å². The van der Waals surface area contributed by atoms with Gasteiger partial charge in [0.25, 0.3) is 5.91 Å². The van der Waals surface area contributed by atoms with Crippen molar-refractivity contribution in [3.05, 3.63) is 24.3 Å². The first kappa shape index (κ1) is 17.6. The van der Waals surface area contributed by atoms with Crippen molar-refractivity contribution in [2.45, 2.75) is 38.6 Å². The van der Waals surface area contributed by atoms with Gasteiger partial charge >= 0.3 is 0 Å². The van der Waals surface area contributed by atoms with Crippen molar-refractivity contribution in [3.63, 3.8) is 0 Å². The number of nitrogens with one attached hydrogen (secondary N) is 1. The number of rotatable bonds is 8. The summed E-state index contributed by atoms with van der Waals surface area (Å²) in [6.07, 6.45) is 4.92. The smallest absolute Gasteiger partial charge is 0.257 e. The Hall–Kier alpha value is -1.75. The van der Waals surface area contributed by atoms with Crippen LogP contribution in [0.1, 0.15) is 32.6 Å². The number of carbonyl (C=O) groups is 1. The van der Waals surface area contributed by atoms with Crippen molar-refractivity contribution in [2.75, 3.05) is 33.4 Å². The number of carbonyl (C=O) groups excluding carboxylic acids is 1. The molecule has 1 saturated heterocycles. The van der Waals surface area contributed by atoms with Gasteiger partial charge in [-0.1, -0.05) is 6.42 Å². The van der Waals surface area contributed by atoms with E-state index in [1.54, 1.807) is 19.2 Å². The minimum Gasteiger partial charge on any atom is -0.497 e. The fourth-order valence-electron chi connectivity index (χ4n) is 2.87. The SMILES string of the molecule is COc1ccc(OCC(=O)NCCCN2CCCC[C@@H]2C)cc1. The van der Waals surface area contributed by atoms with E-state index in [-0.39, 0.29) is 12.5 Å². The van der Waals surface area contributed by atoms with Crippen LogP contribution in [0.15, 0.2) is 24.3 Å². The van der Waals surface area contributed by atoms with Gasteiger partial charge in [0.1, 0.15) is 11.5 Å². The summed E-state index contributed by atoms with van der Waals surface area (Å²) in [5.74, 6) is 1.37. The van der Waals surface area contributed by atoms with Crippen molar-refractivity contribution in [1.82, 2.24) is 10.2 Å². The molecule has 0 spiro atoms. The molecular formula is C18H28N2O3. The minimum absolute atomic E-state index is 0.0481. The van der Waals surface area contributed by atoms with Crippen molar-refractivity contribution < 1.29 is 14.3 Å². The monoisotopic (exact) mass is 320 g/mol. The third-order valence-corrected chi connectivity index (χ3v) is 4.31. The van der Waals surface area contributed by atoms with Crippen LogP contribution in [-0.4, -0.2) is 50.2 Å². The number of ether oxygens (including phenoxy) is 2. The molecule has 0 bridgehead atoms. The molecule has 5 nitrogen and oxygen atoms in total. The molecule has 0 saturated carbocycles. The summed E-state index contributed by atoms with van der Waals surface area (Å²) in [5, 5.41) is 2.91. The van der Waals surface area contributed by atoms with E-state index in [1.807, 2.05) is 12.1 Å². The standard InChI is InChI=1S/C18H28N2O3/c1-15-6-3-4-12-20(15)13-5-11-19-18(21)14-23-17-9-7-16(22-2)8-10-17/h7-10,15H,3-6,11-14H2,1-2H3,(H,19,21)/t15-/m0/s1. The molecule has 0 unspecified atom stereocenters. The summed E-state index contributed by atoms with van der Waals surface area (Å²) in [7, 11) is 1.62. The van der Waals surface area contributed by atoms with E-state index in [0.29, 0.717) is 18.3 Å². The largest absolute Gasteiger partial charge is 0.497 e. The third-order valence-electron chi connectivity index (χ3n) is 4.31. The average Bonchev–Trinajstić information content (AvgIpc) is 2.59. The van der Waals surface area contributed by atoms with Gasteiger partial charge in [0.15, 0.2) is 6.61 Å². The Morgan fingerprint density at radius 1 is 1.26 bits per heavy atom. The topological polar surface area (TPSA) is 50.8 Å². The number of hydrogen-bond donors (Lipinski definition) is 1. The van der Waals surface area contributed by atoms with Crippen LogP contribution in [-0.2, 0) is 4.79 Å².